The molecule has 0 radical (unpaired) electrons. The third kappa shape index (κ3) is 2.53. The molecule has 0 bridgehead atoms. The zero-order valence-corrected chi connectivity index (χ0v) is 11.4. The van der Waals surface area contributed by atoms with E-state index in [2.05, 4.69) is 28.9 Å². The van der Waals surface area contributed by atoms with Crippen molar-refractivity contribution in [3.63, 3.8) is 0 Å². The number of halogens is 2. The zero-order valence-electron chi connectivity index (χ0n) is 8.22. The fraction of sp³-hybridized carbons (Fsp3) is 0.636. The normalized spacial score (nSPS) is 32.4. The van der Waals surface area contributed by atoms with Gasteiger partial charge >= 0.3 is 0 Å². The molecule has 3 heteroatoms. The van der Waals surface area contributed by atoms with Gasteiger partial charge in [0, 0.05) is 9.70 Å². The van der Waals surface area contributed by atoms with Gasteiger partial charge < -0.3 is 0 Å². The lowest BCUT2D eigenvalue weighted by Gasteiger charge is -2.22. The highest BCUT2D eigenvalue weighted by molar-refractivity contribution is 9.09. The molecule has 1 aromatic rings. The summed E-state index contributed by atoms with van der Waals surface area (Å²) in [6, 6.07) is 4.17. The molecule has 0 aromatic carbocycles. The molecule has 2 rings (SSSR count). The summed E-state index contributed by atoms with van der Waals surface area (Å²) in [6.45, 7) is 2.39. The first-order valence-corrected chi connectivity index (χ1v) is 7.07. The van der Waals surface area contributed by atoms with Gasteiger partial charge in [-0.05, 0) is 43.2 Å². The van der Waals surface area contributed by atoms with Crippen molar-refractivity contribution < 1.29 is 0 Å². The van der Waals surface area contributed by atoms with Gasteiger partial charge in [-0.1, -0.05) is 34.5 Å². The van der Waals surface area contributed by atoms with E-state index >= 15 is 0 Å². The quantitative estimate of drug-likeness (QED) is 0.681. The largest absolute Gasteiger partial charge is 0.128 e. The van der Waals surface area contributed by atoms with E-state index in [0.717, 1.165) is 9.16 Å². The van der Waals surface area contributed by atoms with E-state index in [4.69, 9.17) is 11.6 Å². The van der Waals surface area contributed by atoms with Gasteiger partial charge in [-0.25, -0.2) is 0 Å². The first kappa shape index (κ1) is 11.0. The summed E-state index contributed by atoms with van der Waals surface area (Å²) in [6.07, 6.45) is 5.13. The monoisotopic (exact) mass is 292 g/mol. The minimum Gasteiger partial charge on any atom is -0.128 e. The van der Waals surface area contributed by atoms with E-state index in [9.17, 15) is 0 Å². The standard InChI is InChI=1S/C11H14BrClS/c1-11(5-4-8(12)6-11)7-9-2-3-10(13)14-9/h2-3,8H,4-7H2,1H3. The van der Waals surface area contributed by atoms with Crippen molar-refractivity contribution in [2.45, 2.75) is 37.4 Å². The molecule has 0 N–H and O–H groups in total. The van der Waals surface area contributed by atoms with Crippen molar-refractivity contribution in [3.05, 3.63) is 21.3 Å². The molecule has 14 heavy (non-hydrogen) atoms. The summed E-state index contributed by atoms with van der Waals surface area (Å²) in [5, 5.41) is 0. The van der Waals surface area contributed by atoms with Crippen molar-refractivity contribution in [3.8, 4) is 0 Å². The Balaban J connectivity index is 2.03. The zero-order chi connectivity index (χ0) is 10.2. The second-order valence-corrected chi connectivity index (χ2v) is 7.63. The SMILES string of the molecule is CC1(Cc2ccc(Cl)s2)CCC(Br)C1. The van der Waals surface area contributed by atoms with Gasteiger partial charge in [0.05, 0.1) is 4.34 Å². The second-order valence-electron chi connectivity index (χ2n) is 4.53. The predicted molar refractivity (Wildman–Crippen MR) is 67.7 cm³/mol. The summed E-state index contributed by atoms with van der Waals surface area (Å²) in [5.74, 6) is 0. The Hall–Kier alpha value is 0.470. The Bertz CT molecular complexity index is 323. The molecule has 1 saturated carbocycles. The third-order valence-corrected chi connectivity index (χ3v) is 5.02. The van der Waals surface area contributed by atoms with Crippen LogP contribution in [0.15, 0.2) is 12.1 Å². The van der Waals surface area contributed by atoms with Crippen LogP contribution in [-0.4, -0.2) is 4.83 Å². The van der Waals surface area contributed by atoms with E-state index in [0.29, 0.717) is 5.41 Å². The minimum atomic E-state index is 0.488. The summed E-state index contributed by atoms with van der Waals surface area (Å²) < 4.78 is 0.914. The van der Waals surface area contributed by atoms with E-state index in [-0.39, 0.29) is 0 Å². The van der Waals surface area contributed by atoms with Gasteiger partial charge in [-0.3, -0.25) is 0 Å². The van der Waals surface area contributed by atoms with Crippen LogP contribution in [0.5, 0.6) is 0 Å². The molecule has 2 unspecified atom stereocenters. The van der Waals surface area contributed by atoms with E-state index in [1.165, 1.54) is 30.6 Å². The van der Waals surface area contributed by atoms with Crippen molar-refractivity contribution in [2.75, 3.05) is 0 Å². The molecule has 0 nitrogen and oxygen atoms in total. The average molecular weight is 294 g/mol. The Morgan fingerprint density at radius 1 is 1.64 bits per heavy atom. The Morgan fingerprint density at radius 2 is 2.43 bits per heavy atom. The number of hydrogen-bond donors (Lipinski definition) is 0. The fourth-order valence-corrected chi connectivity index (χ4v) is 4.59. The summed E-state index contributed by atoms with van der Waals surface area (Å²) >= 11 is 11.4. The summed E-state index contributed by atoms with van der Waals surface area (Å²) in [5.41, 5.74) is 0.488. The molecule has 1 aliphatic carbocycles. The van der Waals surface area contributed by atoms with Crippen LogP contribution in [-0.2, 0) is 6.42 Å². The lowest BCUT2D eigenvalue weighted by molar-refractivity contribution is 0.338. The Labute approximate surface area is 103 Å². The number of alkyl halides is 1. The molecular weight excluding hydrogens is 280 g/mol. The molecule has 2 atom stereocenters. The first-order valence-electron chi connectivity index (χ1n) is 4.96. The Morgan fingerprint density at radius 3 is 2.93 bits per heavy atom. The van der Waals surface area contributed by atoms with Crippen molar-refractivity contribution >= 4 is 38.9 Å². The smallest absolute Gasteiger partial charge is 0.0931 e. The van der Waals surface area contributed by atoms with Crippen LogP contribution in [0.3, 0.4) is 0 Å². The molecule has 1 fully saturated rings. The molecule has 0 amide bonds. The molecule has 0 spiro atoms. The van der Waals surface area contributed by atoms with Crippen LogP contribution in [0.25, 0.3) is 0 Å². The van der Waals surface area contributed by atoms with Gasteiger partial charge in [-0.15, -0.1) is 11.3 Å². The maximum atomic E-state index is 5.93. The molecule has 1 aliphatic rings. The van der Waals surface area contributed by atoms with Crippen molar-refractivity contribution in [1.82, 2.24) is 0 Å². The molecule has 0 saturated heterocycles. The van der Waals surface area contributed by atoms with Gasteiger partial charge in [-0.2, -0.15) is 0 Å². The lowest BCUT2D eigenvalue weighted by atomic mass is 9.85. The van der Waals surface area contributed by atoms with Crippen LogP contribution >= 0.6 is 38.9 Å². The van der Waals surface area contributed by atoms with Gasteiger partial charge in [0.15, 0.2) is 0 Å². The average Bonchev–Trinajstić information content (AvgIpc) is 2.60. The second kappa shape index (κ2) is 4.15. The Kier molecular flexibility index (Phi) is 3.25. The fourth-order valence-electron chi connectivity index (χ4n) is 2.27. The predicted octanol–water partition coefficient (Wildman–Crippen LogP) is 4.90. The molecular formula is C11H14BrClS. The van der Waals surface area contributed by atoms with Crippen LogP contribution in [0.2, 0.25) is 4.34 Å². The highest BCUT2D eigenvalue weighted by Crippen LogP contribution is 2.44. The van der Waals surface area contributed by atoms with Gasteiger partial charge in [0.2, 0.25) is 0 Å². The molecule has 1 aromatic heterocycles. The number of rotatable bonds is 2. The molecule has 0 aliphatic heterocycles. The van der Waals surface area contributed by atoms with E-state index in [1.807, 2.05) is 6.07 Å². The lowest BCUT2D eigenvalue weighted by Crippen LogP contribution is -2.14. The minimum absolute atomic E-state index is 0.488. The van der Waals surface area contributed by atoms with E-state index < -0.39 is 0 Å². The first-order chi connectivity index (χ1) is 6.57. The highest BCUT2D eigenvalue weighted by atomic mass is 79.9. The number of thiophene rings is 1. The molecule has 78 valence electrons. The maximum Gasteiger partial charge on any atom is 0.0931 e. The number of hydrogen-bond acceptors (Lipinski definition) is 1. The van der Waals surface area contributed by atoms with Gasteiger partial charge in [0.1, 0.15) is 0 Å². The highest BCUT2D eigenvalue weighted by Gasteiger charge is 2.34. The van der Waals surface area contributed by atoms with Crippen LogP contribution in [0.1, 0.15) is 31.1 Å². The van der Waals surface area contributed by atoms with Crippen molar-refractivity contribution in [2.24, 2.45) is 5.41 Å². The third-order valence-electron chi connectivity index (χ3n) is 3.01. The van der Waals surface area contributed by atoms with Crippen LogP contribution in [0.4, 0.5) is 0 Å². The summed E-state index contributed by atoms with van der Waals surface area (Å²) in [4.78, 5) is 2.15. The topological polar surface area (TPSA) is 0 Å². The van der Waals surface area contributed by atoms with Crippen LogP contribution in [0, 0.1) is 5.41 Å². The molecule has 1 heterocycles. The van der Waals surface area contributed by atoms with Crippen LogP contribution < -0.4 is 0 Å². The summed E-state index contributed by atoms with van der Waals surface area (Å²) in [7, 11) is 0. The van der Waals surface area contributed by atoms with Crippen molar-refractivity contribution in [1.29, 1.82) is 0 Å². The van der Waals surface area contributed by atoms with E-state index in [1.54, 1.807) is 11.3 Å². The maximum absolute atomic E-state index is 5.93. The van der Waals surface area contributed by atoms with Gasteiger partial charge in [0.25, 0.3) is 0 Å².